The second-order valence-electron chi connectivity index (χ2n) is 5.66. The predicted octanol–water partition coefficient (Wildman–Crippen LogP) is 3.60. The molecule has 5 nitrogen and oxygen atoms in total. The number of benzene rings is 1. The van der Waals surface area contributed by atoms with Gasteiger partial charge in [0.15, 0.2) is 5.96 Å². The Bertz CT molecular complexity index is 696. The molecule has 0 saturated carbocycles. The lowest BCUT2D eigenvalue weighted by atomic mass is 10.1. The van der Waals surface area contributed by atoms with E-state index < -0.39 is 0 Å². The van der Waals surface area contributed by atoms with Crippen LogP contribution >= 0.6 is 35.3 Å². The molecule has 25 heavy (non-hydrogen) atoms. The fraction of sp³-hybridized carbons (Fsp3) is 0.444. The Labute approximate surface area is 171 Å². The van der Waals surface area contributed by atoms with Crippen molar-refractivity contribution in [3.63, 3.8) is 0 Å². The average Bonchev–Trinajstić information content (AvgIpc) is 2.90. The van der Waals surface area contributed by atoms with Crippen molar-refractivity contribution in [1.82, 2.24) is 15.6 Å². The van der Waals surface area contributed by atoms with E-state index in [1.54, 1.807) is 25.5 Å². The Morgan fingerprint density at radius 2 is 2.00 bits per heavy atom. The lowest BCUT2D eigenvalue weighted by molar-refractivity contribution is 0.411. The number of ether oxygens (including phenoxy) is 1. The molecule has 0 aliphatic carbocycles. The highest BCUT2D eigenvalue weighted by molar-refractivity contribution is 14.0. The van der Waals surface area contributed by atoms with Crippen molar-refractivity contribution in [2.75, 3.05) is 20.7 Å². The maximum atomic E-state index is 5.37. The molecule has 0 unspecified atom stereocenters. The molecular weight excluding hydrogens is 447 g/mol. The lowest BCUT2D eigenvalue weighted by Gasteiger charge is -2.12. The van der Waals surface area contributed by atoms with Gasteiger partial charge >= 0.3 is 0 Å². The van der Waals surface area contributed by atoms with Gasteiger partial charge < -0.3 is 15.4 Å². The number of aryl methyl sites for hydroxylation is 3. The van der Waals surface area contributed by atoms with Gasteiger partial charge in [-0.2, -0.15) is 0 Å². The Balaban J connectivity index is 0.00000312. The Kier molecular flexibility index (Phi) is 9.20. The summed E-state index contributed by atoms with van der Waals surface area (Å²) in [5, 5.41) is 7.72. The third-order valence-electron chi connectivity index (χ3n) is 3.88. The van der Waals surface area contributed by atoms with E-state index in [0.29, 0.717) is 6.54 Å². The van der Waals surface area contributed by atoms with Crippen molar-refractivity contribution in [2.24, 2.45) is 4.99 Å². The molecule has 0 aliphatic heterocycles. The number of methoxy groups -OCH3 is 1. The number of halogens is 1. The van der Waals surface area contributed by atoms with Crippen LogP contribution in [0.25, 0.3) is 0 Å². The largest absolute Gasteiger partial charge is 0.496 e. The fourth-order valence-electron chi connectivity index (χ4n) is 2.34. The summed E-state index contributed by atoms with van der Waals surface area (Å²) in [5.41, 5.74) is 3.50. The van der Waals surface area contributed by atoms with E-state index in [4.69, 9.17) is 4.74 Å². The van der Waals surface area contributed by atoms with E-state index in [9.17, 15) is 0 Å². The Morgan fingerprint density at radius 1 is 1.24 bits per heavy atom. The van der Waals surface area contributed by atoms with Gasteiger partial charge in [-0.3, -0.25) is 4.99 Å². The van der Waals surface area contributed by atoms with Gasteiger partial charge in [0.2, 0.25) is 0 Å². The molecule has 0 saturated heterocycles. The zero-order valence-corrected chi connectivity index (χ0v) is 18.6. The summed E-state index contributed by atoms with van der Waals surface area (Å²) in [6.07, 6.45) is 0.910. The third kappa shape index (κ3) is 6.47. The molecular formula is C18H27IN4OS. The molecule has 0 amide bonds. The summed E-state index contributed by atoms with van der Waals surface area (Å²) < 4.78 is 5.37. The third-order valence-corrected chi connectivity index (χ3v) is 4.95. The smallest absolute Gasteiger partial charge is 0.191 e. The number of aliphatic imine (C=N–C) groups is 1. The van der Waals surface area contributed by atoms with E-state index in [-0.39, 0.29) is 24.0 Å². The number of nitrogens with zero attached hydrogens (tertiary/aromatic N) is 2. The summed E-state index contributed by atoms with van der Waals surface area (Å²) in [6, 6.07) is 6.32. The molecule has 138 valence electrons. The molecule has 0 aliphatic rings. The van der Waals surface area contributed by atoms with E-state index in [1.807, 2.05) is 6.92 Å². The quantitative estimate of drug-likeness (QED) is 0.382. The number of nitrogens with one attached hydrogen (secondary N) is 2. The summed E-state index contributed by atoms with van der Waals surface area (Å²) >= 11 is 1.72. The van der Waals surface area contributed by atoms with Crippen molar-refractivity contribution in [1.29, 1.82) is 0 Å². The number of guanidine groups is 1. The maximum Gasteiger partial charge on any atom is 0.191 e. The van der Waals surface area contributed by atoms with Gasteiger partial charge in [0.25, 0.3) is 0 Å². The van der Waals surface area contributed by atoms with Crippen molar-refractivity contribution in [3.05, 3.63) is 44.9 Å². The van der Waals surface area contributed by atoms with Crippen LogP contribution in [0.3, 0.4) is 0 Å². The number of hydrogen-bond donors (Lipinski definition) is 2. The van der Waals surface area contributed by atoms with Crippen LogP contribution < -0.4 is 15.4 Å². The molecule has 2 N–H and O–H groups in total. The number of hydrogen-bond acceptors (Lipinski definition) is 4. The highest BCUT2D eigenvalue weighted by Gasteiger charge is 2.05. The first-order valence-corrected chi connectivity index (χ1v) is 8.86. The average molecular weight is 474 g/mol. The molecule has 7 heteroatoms. The molecule has 0 fully saturated rings. The standard InChI is InChI=1S/C18H26N4OS.HI/c1-12-6-7-15(10-16(12)23-5)8-9-20-18(19-4)21-11-17-22-13(2)14(3)24-17;/h6-7,10H,8-9,11H2,1-5H3,(H2,19,20,21);1H. The Hall–Kier alpha value is -1.35. The van der Waals surface area contributed by atoms with Gasteiger partial charge in [-0.15, -0.1) is 35.3 Å². The van der Waals surface area contributed by atoms with Crippen LogP contribution in [0.5, 0.6) is 5.75 Å². The fourth-order valence-corrected chi connectivity index (χ4v) is 3.21. The summed E-state index contributed by atoms with van der Waals surface area (Å²) in [5.74, 6) is 1.73. The molecule has 1 heterocycles. The molecule has 1 aromatic heterocycles. The normalized spacial score (nSPS) is 11.0. The molecule has 0 atom stereocenters. The first kappa shape index (κ1) is 21.7. The van der Waals surface area contributed by atoms with Crippen LogP contribution in [0, 0.1) is 20.8 Å². The van der Waals surface area contributed by atoms with Gasteiger partial charge in [-0.1, -0.05) is 12.1 Å². The monoisotopic (exact) mass is 474 g/mol. The second-order valence-corrected chi connectivity index (χ2v) is 6.94. The summed E-state index contributed by atoms with van der Waals surface area (Å²) in [7, 11) is 3.49. The van der Waals surface area contributed by atoms with Gasteiger partial charge in [0.1, 0.15) is 10.8 Å². The highest BCUT2D eigenvalue weighted by Crippen LogP contribution is 2.19. The number of aromatic nitrogens is 1. The van der Waals surface area contributed by atoms with E-state index in [2.05, 4.69) is 52.7 Å². The van der Waals surface area contributed by atoms with Crippen LogP contribution in [-0.4, -0.2) is 31.6 Å². The maximum absolute atomic E-state index is 5.37. The minimum atomic E-state index is 0. The van der Waals surface area contributed by atoms with Crippen LogP contribution in [0.15, 0.2) is 23.2 Å². The van der Waals surface area contributed by atoms with Gasteiger partial charge in [0.05, 0.1) is 19.3 Å². The molecule has 0 radical (unpaired) electrons. The van der Waals surface area contributed by atoms with Crippen LogP contribution in [-0.2, 0) is 13.0 Å². The SMILES string of the molecule is CN=C(NCCc1ccc(C)c(OC)c1)NCc1nc(C)c(C)s1.I. The van der Waals surface area contributed by atoms with Crippen molar-refractivity contribution < 1.29 is 4.74 Å². The summed E-state index contributed by atoms with van der Waals surface area (Å²) in [4.78, 5) is 10.1. The van der Waals surface area contributed by atoms with Crippen molar-refractivity contribution in [3.8, 4) is 5.75 Å². The van der Waals surface area contributed by atoms with Crippen molar-refractivity contribution in [2.45, 2.75) is 33.7 Å². The molecule has 0 bridgehead atoms. The molecule has 2 aromatic rings. The van der Waals surface area contributed by atoms with Gasteiger partial charge in [-0.05, 0) is 44.4 Å². The van der Waals surface area contributed by atoms with Gasteiger partial charge in [-0.25, -0.2) is 4.98 Å². The van der Waals surface area contributed by atoms with Gasteiger partial charge in [0, 0.05) is 18.5 Å². The summed E-state index contributed by atoms with van der Waals surface area (Å²) in [6.45, 7) is 7.69. The highest BCUT2D eigenvalue weighted by atomic mass is 127. The second kappa shape index (κ2) is 10.6. The van der Waals surface area contributed by atoms with Crippen LogP contribution in [0.4, 0.5) is 0 Å². The van der Waals surface area contributed by atoms with E-state index in [1.165, 1.54) is 10.4 Å². The molecule has 1 aromatic carbocycles. The minimum Gasteiger partial charge on any atom is -0.496 e. The van der Waals surface area contributed by atoms with Crippen molar-refractivity contribution >= 4 is 41.3 Å². The first-order valence-electron chi connectivity index (χ1n) is 8.04. The van der Waals surface area contributed by atoms with E-state index in [0.717, 1.165) is 40.9 Å². The zero-order valence-electron chi connectivity index (χ0n) is 15.5. The lowest BCUT2D eigenvalue weighted by Crippen LogP contribution is -2.37. The van der Waals surface area contributed by atoms with Crippen LogP contribution in [0.1, 0.15) is 26.7 Å². The number of rotatable bonds is 6. The molecule has 0 spiro atoms. The molecule has 2 rings (SSSR count). The topological polar surface area (TPSA) is 58.5 Å². The zero-order chi connectivity index (χ0) is 17.5. The van der Waals surface area contributed by atoms with Crippen LogP contribution in [0.2, 0.25) is 0 Å². The number of thiazole rings is 1. The predicted molar refractivity (Wildman–Crippen MR) is 117 cm³/mol. The minimum absolute atomic E-state index is 0. The first-order chi connectivity index (χ1) is 11.5. The Morgan fingerprint density at radius 3 is 2.60 bits per heavy atom. The van der Waals surface area contributed by atoms with E-state index >= 15 is 0 Å².